The average Bonchev–Trinajstić information content (AvgIpc) is 2.78. The highest BCUT2D eigenvalue weighted by Gasteiger charge is 2.34. The molecule has 0 aromatic heterocycles. The fraction of sp³-hybridized carbons (Fsp3) is 1.00. The van der Waals surface area contributed by atoms with Crippen LogP contribution in [0, 0.1) is 17.3 Å². The van der Waals surface area contributed by atoms with Gasteiger partial charge in [0.1, 0.15) is 14.6 Å². The second-order valence-electron chi connectivity index (χ2n) is 14.2. The van der Waals surface area contributed by atoms with E-state index in [1.807, 2.05) is 0 Å². The van der Waals surface area contributed by atoms with E-state index in [9.17, 15) is 0 Å². The van der Waals surface area contributed by atoms with Gasteiger partial charge in [0.15, 0.2) is 0 Å². The van der Waals surface area contributed by atoms with Crippen LogP contribution in [0.15, 0.2) is 0 Å². The molecule has 0 aliphatic heterocycles. The van der Waals surface area contributed by atoms with E-state index in [0.29, 0.717) is 5.41 Å². The molecule has 3 rings (SSSR count). The molecule has 34 heavy (non-hydrogen) atoms. The van der Waals surface area contributed by atoms with Crippen molar-refractivity contribution in [3.05, 3.63) is 0 Å². The third kappa shape index (κ3) is 9.54. The van der Waals surface area contributed by atoms with Crippen LogP contribution in [0.1, 0.15) is 163 Å². The Kier molecular flexibility index (Phi) is 13.0. The first-order valence-corrected chi connectivity index (χ1v) is 16.5. The molecule has 0 saturated heterocycles. The van der Waals surface area contributed by atoms with Gasteiger partial charge < -0.3 is 0 Å². The van der Waals surface area contributed by atoms with E-state index in [2.05, 4.69) is 27.7 Å². The van der Waals surface area contributed by atoms with Crippen molar-refractivity contribution in [2.24, 2.45) is 17.3 Å². The Balaban J connectivity index is 1.54. The summed E-state index contributed by atoms with van der Waals surface area (Å²) in [6.45, 7) is 10.2. The van der Waals surface area contributed by atoms with E-state index in [-0.39, 0.29) is 0 Å². The lowest BCUT2D eigenvalue weighted by Gasteiger charge is -2.39. The predicted octanol–water partition coefficient (Wildman–Crippen LogP) is 10.5. The van der Waals surface area contributed by atoms with E-state index in [4.69, 9.17) is 0 Å². The molecule has 0 aromatic rings. The van der Waals surface area contributed by atoms with Crippen molar-refractivity contribution in [1.82, 2.24) is 0 Å². The zero-order valence-electron chi connectivity index (χ0n) is 24.2. The van der Waals surface area contributed by atoms with E-state index < -0.39 is 0 Å². The first kappa shape index (κ1) is 28.7. The summed E-state index contributed by atoms with van der Waals surface area (Å²) in [6.07, 6.45) is 31.8. The topological polar surface area (TPSA) is 0 Å². The SMILES string of the molecule is CCC1CCC(BC2CCCCCCCC(C)(C(C)C)C2)CCCC1BC1CCCCCCC1. The summed E-state index contributed by atoms with van der Waals surface area (Å²) in [5.74, 6) is 6.00. The minimum atomic E-state index is 0.582. The highest BCUT2D eigenvalue weighted by atomic mass is 14.3. The Morgan fingerprint density at radius 1 is 0.618 bits per heavy atom. The molecule has 0 nitrogen and oxygen atoms in total. The van der Waals surface area contributed by atoms with Gasteiger partial charge in [-0.1, -0.05) is 179 Å². The summed E-state index contributed by atoms with van der Waals surface area (Å²) in [7, 11) is 3.14. The molecule has 5 unspecified atom stereocenters. The molecule has 0 spiro atoms. The van der Waals surface area contributed by atoms with Crippen molar-refractivity contribution >= 4 is 14.6 Å². The minimum absolute atomic E-state index is 0.582. The first-order valence-electron chi connectivity index (χ1n) is 16.5. The molecule has 0 aromatic carbocycles. The Hall–Kier alpha value is 0.130. The minimum Gasteiger partial charge on any atom is -0.0654 e. The monoisotopic (exact) mass is 469 g/mol. The standard InChI is InChI=1S/C32H62B2/c1-5-27-22-23-29(20-16-21-31(27)34-28-17-12-8-6-9-13-18-28)33-30-19-14-10-7-11-15-24-32(4,25-30)26(2)3/h26-31,33-34H,5-25H2,1-4H3. The van der Waals surface area contributed by atoms with Crippen molar-refractivity contribution in [1.29, 1.82) is 0 Å². The summed E-state index contributed by atoms with van der Waals surface area (Å²) in [4.78, 5) is 0. The Labute approximate surface area is 217 Å². The van der Waals surface area contributed by atoms with Crippen molar-refractivity contribution in [2.45, 2.75) is 186 Å². The van der Waals surface area contributed by atoms with Gasteiger partial charge in [-0.05, 0) is 23.7 Å². The molecular weight excluding hydrogens is 406 g/mol. The second-order valence-corrected chi connectivity index (χ2v) is 14.2. The first-order chi connectivity index (χ1) is 16.5. The van der Waals surface area contributed by atoms with Crippen LogP contribution in [0.4, 0.5) is 0 Å². The lowest BCUT2D eigenvalue weighted by atomic mass is 9.44. The third-order valence-electron chi connectivity index (χ3n) is 11.4. The summed E-state index contributed by atoms with van der Waals surface area (Å²) in [5, 5.41) is 0. The van der Waals surface area contributed by atoms with Crippen molar-refractivity contribution < 1.29 is 0 Å². The maximum absolute atomic E-state index is 2.65. The van der Waals surface area contributed by atoms with Crippen molar-refractivity contribution in [3.63, 3.8) is 0 Å². The summed E-state index contributed by atoms with van der Waals surface area (Å²) >= 11 is 0. The highest BCUT2D eigenvalue weighted by molar-refractivity contribution is 6.40. The molecule has 5 atom stereocenters. The van der Waals surface area contributed by atoms with Gasteiger partial charge in [0.05, 0.1) is 0 Å². The van der Waals surface area contributed by atoms with E-state index in [1.54, 1.807) is 53.1 Å². The molecular formula is C32H62B2. The Morgan fingerprint density at radius 3 is 1.82 bits per heavy atom. The fourth-order valence-corrected chi connectivity index (χ4v) is 8.57. The summed E-state index contributed by atoms with van der Waals surface area (Å²) < 4.78 is 0. The lowest BCUT2D eigenvalue weighted by molar-refractivity contribution is 0.165. The molecule has 0 amide bonds. The van der Waals surface area contributed by atoms with Crippen LogP contribution < -0.4 is 0 Å². The fourth-order valence-electron chi connectivity index (χ4n) is 8.57. The quantitative estimate of drug-likeness (QED) is 0.340. The van der Waals surface area contributed by atoms with Crippen LogP contribution in [0.25, 0.3) is 0 Å². The van der Waals surface area contributed by atoms with E-state index in [1.165, 1.54) is 96.3 Å². The van der Waals surface area contributed by atoms with Gasteiger partial charge in [-0.2, -0.15) is 0 Å². The predicted molar refractivity (Wildman–Crippen MR) is 158 cm³/mol. The van der Waals surface area contributed by atoms with Crippen LogP contribution >= 0.6 is 0 Å². The Bertz CT molecular complexity index is 523. The van der Waals surface area contributed by atoms with Gasteiger partial charge in [-0.15, -0.1) is 0 Å². The molecule has 0 bridgehead atoms. The molecule has 3 fully saturated rings. The van der Waals surface area contributed by atoms with Crippen LogP contribution in [0.2, 0.25) is 23.3 Å². The van der Waals surface area contributed by atoms with Gasteiger partial charge >= 0.3 is 0 Å². The number of hydrogen-bond donors (Lipinski definition) is 0. The maximum atomic E-state index is 2.65. The van der Waals surface area contributed by atoms with Gasteiger partial charge in [-0.25, -0.2) is 0 Å². The third-order valence-corrected chi connectivity index (χ3v) is 11.4. The normalized spacial score (nSPS) is 36.0. The zero-order valence-corrected chi connectivity index (χ0v) is 24.2. The maximum Gasteiger partial charge on any atom is 0.127 e. The molecule has 196 valence electrons. The van der Waals surface area contributed by atoms with Crippen molar-refractivity contribution in [2.75, 3.05) is 0 Å². The van der Waals surface area contributed by atoms with Gasteiger partial charge in [-0.3, -0.25) is 0 Å². The molecule has 0 N–H and O–H groups in total. The van der Waals surface area contributed by atoms with Gasteiger partial charge in [0.2, 0.25) is 0 Å². The molecule has 0 radical (unpaired) electrons. The average molecular weight is 468 g/mol. The van der Waals surface area contributed by atoms with Gasteiger partial charge in [0, 0.05) is 0 Å². The molecule has 3 saturated carbocycles. The number of hydrogen-bond acceptors (Lipinski definition) is 0. The Morgan fingerprint density at radius 2 is 1.18 bits per heavy atom. The summed E-state index contributed by atoms with van der Waals surface area (Å²) in [5.41, 5.74) is 0.582. The van der Waals surface area contributed by atoms with Gasteiger partial charge in [0.25, 0.3) is 0 Å². The smallest absolute Gasteiger partial charge is 0.0654 e. The number of rotatable bonds is 6. The molecule has 3 aliphatic rings. The zero-order chi connectivity index (χ0) is 24.2. The van der Waals surface area contributed by atoms with Crippen LogP contribution in [0.5, 0.6) is 0 Å². The lowest BCUT2D eigenvalue weighted by Crippen LogP contribution is -2.29. The van der Waals surface area contributed by atoms with E-state index >= 15 is 0 Å². The van der Waals surface area contributed by atoms with Crippen LogP contribution in [-0.2, 0) is 0 Å². The molecule has 3 aliphatic carbocycles. The van der Waals surface area contributed by atoms with Crippen LogP contribution in [0.3, 0.4) is 0 Å². The second kappa shape index (κ2) is 15.4. The van der Waals surface area contributed by atoms with E-state index in [0.717, 1.165) is 35.1 Å². The molecule has 0 heterocycles. The largest absolute Gasteiger partial charge is 0.127 e. The van der Waals surface area contributed by atoms with Crippen LogP contribution in [-0.4, -0.2) is 14.6 Å². The summed E-state index contributed by atoms with van der Waals surface area (Å²) in [6, 6.07) is 0. The molecule has 2 heteroatoms. The van der Waals surface area contributed by atoms with Crippen molar-refractivity contribution in [3.8, 4) is 0 Å². The highest BCUT2D eigenvalue weighted by Crippen LogP contribution is 2.46.